The van der Waals surface area contributed by atoms with Crippen molar-refractivity contribution in [3.05, 3.63) is 11.9 Å². The van der Waals surface area contributed by atoms with Gasteiger partial charge in [0.1, 0.15) is 0 Å². The fourth-order valence-electron chi connectivity index (χ4n) is 0.482. The Morgan fingerprint density at radius 3 is 2.88 bits per heavy atom. The van der Waals surface area contributed by atoms with Crippen molar-refractivity contribution in [2.45, 2.75) is 6.92 Å². The van der Waals surface area contributed by atoms with Crippen LogP contribution in [0.2, 0.25) is 0 Å². The Morgan fingerprint density at radius 1 is 1.88 bits per heavy atom. The van der Waals surface area contributed by atoms with Crippen molar-refractivity contribution in [1.82, 2.24) is 9.97 Å². The Hall–Kier alpha value is -0.620. The molecule has 0 aliphatic carbocycles. The van der Waals surface area contributed by atoms with Crippen LogP contribution in [0.5, 0.6) is 0 Å². The van der Waals surface area contributed by atoms with Crippen LogP contribution in [0.15, 0.2) is 6.20 Å². The molecule has 1 rings (SSSR count). The summed E-state index contributed by atoms with van der Waals surface area (Å²) in [6.45, 7) is 1.95. The van der Waals surface area contributed by atoms with Crippen molar-refractivity contribution in [3.8, 4) is 0 Å². The van der Waals surface area contributed by atoms with Crippen LogP contribution >= 0.6 is 8.20 Å². The van der Waals surface area contributed by atoms with E-state index in [1.807, 2.05) is 13.1 Å². The number of imidazole rings is 1. The summed E-state index contributed by atoms with van der Waals surface area (Å²) < 4.78 is 0. The Kier molecular flexibility index (Phi) is 1.45. The highest BCUT2D eigenvalue weighted by Crippen LogP contribution is 1.89. The minimum absolute atomic E-state index is 0.933. The van der Waals surface area contributed by atoms with Crippen LogP contribution in [0.3, 0.4) is 0 Å². The van der Waals surface area contributed by atoms with Crippen molar-refractivity contribution in [2.75, 3.05) is 0 Å². The van der Waals surface area contributed by atoms with Crippen molar-refractivity contribution in [1.29, 1.82) is 0 Å². The fraction of sp³-hybridized carbons (Fsp3) is 0.200. The van der Waals surface area contributed by atoms with Crippen LogP contribution in [-0.2, 0) is 0 Å². The van der Waals surface area contributed by atoms with E-state index < -0.39 is 0 Å². The summed E-state index contributed by atoms with van der Waals surface area (Å²) in [6, 6.07) is 0. The van der Waals surface area contributed by atoms with Gasteiger partial charge in [0.15, 0.2) is 5.57 Å². The maximum atomic E-state index is 4.10. The molecular formula is C5H7N2P. The second-order valence-corrected chi connectivity index (χ2v) is 2.26. The van der Waals surface area contributed by atoms with Gasteiger partial charge in [0.05, 0.1) is 5.69 Å². The molecule has 0 atom stereocenters. The summed E-state index contributed by atoms with van der Waals surface area (Å²) >= 11 is 0. The molecule has 0 radical (unpaired) electrons. The van der Waals surface area contributed by atoms with Crippen LogP contribution in [0, 0.1) is 6.92 Å². The van der Waals surface area contributed by atoms with Gasteiger partial charge in [0.25, 0.3) is 0 Å². The number of nitrogens with one attached hydrogen (secondary N) is 1. The summed E-state index contributed by atoms with van der Waals surface area (Å²) in [5, 5.41) is 0. The molecule has 0 aromatic carbocycles. The molecular weight excluding hydrogens is 119 g/mol. The smallest absolute Gasteiger partial charge is 0.156 e. The number of nitrogens with zero attached hydrogens (tertiary/aromatic N) is 1. The molecule has 1 aromatic rings. The van der Waals surface area contributed by atoms with Gasteiger partial charge in [-0.3, -0.25) is 0 Å². The highest BCUT2D eigenvalue weighted by molar-refractivity contribution is 7.44. The predicted molar refractivity (Wildman–Crippen MR) is 37.0 cm³/mol. The number of aryl methyl sites for hydroxylation is 1. The summed E-state index contributed by atoms with van der Waals surface area (Å²) in [4.78, 5) is 7.07. The number of rotatable bonds is 1. The zero-order chi connectivity index (χ0) is 5.98. The molecule has 8 heavy (non-hydrogen) atoms. The van der Waals surface area contributed by atoms with E-state index in [-0.39, 0.29) is 0 Å². The minimum atomic E-state index is 0.933. The van der Waals surface area contributed by atoms with Gasteiger partial charge in [0.2, 0.25) is 0 Å². The maximum absolute atomic E-state index is 4.10. The second-order valence-electron chi connectivity index (χ2n) is 1.52. The monoisotopic (exact) mass is 126 g/mol. The molecule has 42 valence electrons. The van der Waals surface area contributed by atoms with Gasteiger partial charge in [-0.15, -0.1) is 0 Å². The summed E-state index contributed by atoms with van der Waals surface area (Å²) in [5.74, 6) is 0. The topological polar surface area (TPSA) is 28.7 Å². The molecule has 0 saturated heterocycles. The van der Waals surface area contributed by atoms with Crippen LogP contribution in [0.4, 0.5) is 0 Å². The first kappa shape index (κ1) is 5.52. The zero-order valence-corrected chi connectivity index (χ0v) is 5.57. The Balaban J connectivity index is 3.00. The molecule has 0 unspecified atom stereocenters. The van der Waals surface area contributed by atoms with Gasteiger partial charge in [-0.25, -0.2) is 4.98 Å². The molecule has 0 fully saturated rings. The molecule has 1 heterocycles. The molecule has 0 spiro atoms. The van der Waals surface area contributed by atoms with Crippen molar-refractivity contribution < 1.29 is 0 Å². The molecule has 0 aliphatic heterocycles. The van der Waals surface area contributed by atoms with Crippen LogP contribution < -0.4 is 5.57 Å². The lowest BCUT2D eigenvalue weighted by atomic mass is 10.6. The molecule has 2 nitrogen and oxygen atoms in total. The third-order valence-electron chi connectivity index (χ3n) is 0.842. The van der Waals surface area contributed by atoms with E-state index in [1.165, 1.54) is 0 Å². The average molecular weight is 126 g/mol. The average Bonchev–Trinajstić information content (AvgIpc) is 2.14. The normalized spacial score (nSPS) is 10.1. The van der Waals surface area contributed by atoms with Crippen molar-refractivity contribution in [3.63, 3.8) is 0 Å². The molecule has 0 aliphatic rings. The Morgan fingerprint density at radius 2 is 2.62 bits per heavy atom. The van der Waals surface area contributed by atoms with Crippen LogP contribution in [0.1, 0.15) is 5.69 Å². The zero-order valence-electron chi connectivity index (χ0n) is 4.68. The summed E-state index contributed by atoms with van der Waals surface area (Å²) in [7, 11) is 0.954. The van der Waals surface area contributed by atoms with Gasteiger partial charge in [0, 0.05) is 6.20 Å². The highest BCUT2D eigenvalue weighted by atomic mass is 31.1. The lowest BCUT2D eigenvalue weighted by molar-refractivity contribution is 1.30. The third kappa shape index (κ3) is 0.958. The van der Waals surface area contributed by atoms with Crippen molar-refractivity contribution >= 4 is 20.1 Å². The predicted octanol–water partition coefficient (Wildman–Crippen LogP) is 0.722. The van der Waals surface area contributed by atoms with Crippen LogP contribution in [-0.4, -0.2) is 16.3 Å². The van der Waals surface area contributed by atoms with Gasteiger partial charge in [-0.05, 0) is 15.1 Å². The number of hydrogen-bond acceptors (Lipinski definition) is 1. The Labute approximate surface area is 49.8 Å². The molecule has 0 amide bonds. The van der Waals surface area contributed by atoms with E-state index in [1.54, 1.807) is 0 Å². The van der Waals surface area contributed by atoms with Gasteiger partial charge >= 0.3 is 0 Å². The van der Waals surface area contributed by atoms with E-state index in [0.29, 0.717) is 0 Å². The summed E-state index contributed by atoms with van der Waals surface area (Å²) in [6.07, 6.45) is 5.52. The molecule has 3 heteroatoms. The third-order valence-corrected chi connectivity index (χ3v) is 1.37. The number of aromatic amines is 1. The number of hydrogen-bond donors (Lipinski definition) is 1. The van der Waals surface area contributed by atoms with E-state index in [0.717, 1.165) is 19.5 Å². The minimum Gasteiger partial charge on any atom is -0.341 e. The molecule has 1 aromatic heterocycles. The van der Waals surface area contributed by atoms with E-state index in [9.17, 15) is 0 Å². The summed E-state index contributed by atoms with van der Waals surface area (Å²) in [5.41, 5.74) is 1.96. The fourth-order valence-corrected chi connectivity index (χ4v) is 0.866. The highest BCUT2D eigenvalue weighted by Gasteiger charge is 1.87. The second kappa shape index (κ2) is 2.10. The largest absolute Gasteiger partial charge is 0.341 e. The van der Waals surface area contributed by atoms with E-state index in [2.05, 4.69) is 16.3 Å². The maximum Gasteiger partial charge on any atom is 0.156 e. The lowest BCUT2D eigenvalue weighted by Crippen LogP contribution is -1.93. The van der Waals surface area contributed by atoms with Gasteiger partial charge in [-0.1, -0.05) is 6.30 Å². The Bertz CT molecular complexity index is 192. The molecule has 0 bridgehead atoms. The first-order valence-corrected chi connectivity index (χ1v) is 3.39. The number of H-pyrrole nitrogens is 1. The van der Waals surface area contributed by atoms with Crippen LogP contribution in [0.25, 0.3) is 0 Å². The number of aromatic nitrogens is 2. The SMILES string of the molecule is C=Pc1nc(C)c[nH]1. The van der Waals surface area contributed by atoms with Gasteiger partial charge in [-0.2, -0.15) is 0 Å². The van der Waals surface area contributed by atoms with E-state index in [4.69, 9.17) is 0 Å². The first-order valence-electron chi connectivity index (χ1n) is 2.31. The van der Waals surface area contributed by atoms with E-state index >= 15 is 0 Å². The van der Waals surface area contributed by atoms with Crippen molar-refractivity contribution in [2.24, 2.45) is 0 Å². The lowest BCUT2D eigenvalue weighted by Gasteiger charge is -1.73. The molecule has 0 saturated carbocycles. The molecule has 1 N–H and O–H groups in total. The van der Waals surface area contributed by atoms with Gasteiger partial charge < -0.3 is 4.98 Å². The standard InChI is InChI=1S/C5H7N2P/c1-4-3-6-5(7-4)8-2/h3H,2H2,1H3,(H,6,7). The first-order chi connectivity index (χ1) is 3.83. The quantitative estimate of drug-likeness (QED) is 0.552.